The zero-order valence-electron chi connectivity index (χ0n) is 12.5. The van der Waals surface area contributed by atoms with Gasteiger partial charge in [0.2, 0.25) is 5.91 Å². The number of fused-ring (bicyclic) bond motifs is 1. The number of likely N-dealkylation sites (tertiary alicyclic amines) is 1. The van der Waals surface area contributed by atoms with Crippen LogP contribution in [0.2, 0.25) is 0 Å². The fourth-order valence-corrected chi connectivity index (χ4v) is 3.29. The number of hydrogen-bond donors (Lipinski definition) is 1. The van der Waals surface area contributed by atoms with E-state index in [9.17, 15) is 4.79 Å². The zero-order valence-corrected chi connectivity index (χ0v) is 12.5. The summed E-state index contributed by atoms with van der Waals surface area (Å²) in [6.07, 6.45) is 3.74. The number of aromatic nitrogens is 1. The Kier molecular flexibility index (Phi) is 3.96. The number of pyridine rings is 1. The van der Waals surface area contributed by atoms with Crippen molar-refractivity contribution in [2.75, 3.05) is 27.3 Å². The summed E-state index contributed by atoms with van der Waals surface area (Å²) in [7, 11) is 3.19. The summed E-state index contributed by atoms with van der Waals surface area (Å²) < 4.78 is 10.7. The highest BCUT2D eigenvalue weighted by Crippen LogP contribution is 2.32. The molecule has 21 heavy (non-hydrogen) atoms. The van der Waals surface area contributed by atoms with E-state index >= 15 is 0 Å². The van der Waals surface area contributed by atoms with Gasteiger partial charge in [0.1, 0.15) is 5.69 Å². The van der Waals surface area contributed by atoms with Crippen LogP contribution < -0.4 is 14.8 Å². The standard InChI is InChI=1S/C15H21N3O3/c1-20-13-5-7-17-12(14(13)21-2)9-18-8-11-10(15(18)19)4-3-6-16-11/h5,7,10-11,16H,3-4,6,8-9H2,1-2H3. The van der Waals surface area contributed by atoms with Crippen molar-refractivity contribution in [1.29, 1.82) is 0 Å². The van der Waals surface area contributed by atoms with E-state index in [0.29, 0.717) is 18.0 Å². The van der Waals surface area contributed by atoms with E-state index < -0.39 is 0 Å². The minimum absolute atomic E-state index is 0.121. The second-order valence-corrected chi connectivity index (χ2v) is 5.52. The van der Waals surface area contributed by atoms with Crippen LogP contribution in [-0.4, -0.2) is 49.1 Å². The number of nitrogens with zero attached hydrogens (tertiary/aromatic N) is 2. The van der Waals surface area contributed by atoms with E-state index in [-0.39, 0.29) is 17.9 Å². The first-order valence-corrected chi connectivity index (χ1v) is 7.32. The number of nitrogens with one attached hydrogen (secondary N) is 1. The lowest BCUT2D eigenvalue weighted by Gasteiger charge is -2.23. The molecule has 2 saturated heterocycles. The van der Waals surface area contributed by atoms with E-state index in [2.05, 4.69) is 10.3 Å². The van der Waals surface area contributed by atoms with Crippen molar-refractivity contribution in [3.63, 3.8) is 0 Å². The summed E-state index contributed by atoms with van der Waals surface area (Å²) in [5.74, 6) is 1.59. The molecule has 1 N–H and O–H groups in total. The third-order valence-electron chi connectivity index (χ3n) is 4.34. The summed E-state index contributed by atoms with van der Waals surface area (Å²) in [4.78, 5) is 18.7. The van der Waals surface area contributed by atoms with Crippen LogP contribution in [0.5, 0.6) is 11.5 Å². The summed E-state index contributed by atoms with van der Waals surface area (Å²) in [6.45, 7) is 2.21. The van der Waals surface area contributed by atoms with Crippen LogP contribution in [0.1, 0.15) is 18.5 Å². The molecule has 2 atom stereocenters. The lowest BCUT2D eigenvalue weighted by Crippen LogP contribution is -2.41. The Morgan fingerprint density at radius 3 is 3.00 bits per heavy atom. The van der Waals surface area contributed by atoms with Crippen molar-refractivity contribution in [2.45, 2.75) is 25.4 Å². The molecule has 0 radical (unpaired) electrons. The van der Waals surface area contributed by atoms with Crippen molar-refractivity contribution in [2.24, 2.45) is 5.92 Å². The van der Waals surface area contributed by atoms with Gasteiger partial charge in [0.15, 0.2) is 11.5 Å². The summed E-state index contributed by atoms with van der Waals surface area (Å²) in [5.41, 5.74) is 0.740. The van der Waals surface area contributed by atoms with Gasteiger partial charge in [-0.25, -0.2) is 0 Å². The second kappa shape index (κ2) is 5.89. The fourth-order valence-electron chi connectivity index (χ4n) is 3.29. The first kappa shape index (κ1) is 14.1. The first-order chi connectivity index (χ1) is 10.2. The van der Waals surface area contributed by atoms with Gasteiger partial charge in [-0.05, 0) is 19.4 Å². The molecular formula is C15H21N3O3. The molecule has 6 nitrogen and oxygen atoms in total. The quantitative estimate of drug-likeness (QED) is 0.889. The average Bonchev–Trinajstić information content (AvgIpc) is 2.83. The number of piperidine rings is 1. The minimum atomic E-state index is 0.121. The molecule has 0 saturated carbocycles. The minimum Gasteiger partial charge on any atom is -0.493 e. The molecule has 0 spiro atoms. The Morgan fingerprint density at radius 2 is 2.29 bits per heavy atom. The highest BCUT2D eigenvalue weighted by molar-refractivity contribution is 5.82. The second-order valence-electron chi connectivity index (χ2n) is 5.52. The van der Waals surface area contributed by atoms with Crippen molar-refractivity contribution >= 4 is 5.91 Å². The third-order valence-corrected chi connectivity index (χ3v) is 4.34. The molecule has 0 aliphatic carbocycles. The van der Waals surface area contributed by atoms with Crippen LogP contribution in [0.15, 0.2) is 12.3 Å². The molecule has 2 fully saturated rings. The Labute approximate surface area is 124 Å². The van der Waals surface area contributed by atoms with Gasteiger partial charge in [-0.1, -0.05) is 0 Å². The topological polar surface area (TPSA) is 63.7 Å². The van der Waals surface area contributed by atoms with E-state index in [0.717, 1.165) is 31.6 Å². The summed E-state index contributed by atoms with van der Waals surface area (Å²) in [6, 6.07) is 2.04. The molecule has 2 aliphatic rings. The molecule has 3 rings (SSSR count). The van der Waals surface area contributed by atoms with Gasteiger partial charge in [0.05, 0.1) is 26.7 Å². The molecule has 114 valence electrons. The maximum atomic E-state index is 12.5. The average molecular weight is 291 g/mol. The molecule has 1 aromatic rings. The first-order valence-electron chi connectivity index (χ1n) is 7.32. The molecule has 0 aromatic carbocycles. The predicted octanol–water partition coefficient (Wildman–Crippen LogP) is 0.809. The van der Waals surface area contributed by atoms with Gasteiger partial charge in [-0.3, -0.25) is 9.78 Å². The SMILES string of the molecule is COc1ccnc(CN2CC3NCCCC3C2=O)c1OC. The van der Waals surface area contributed by atoms with E-state index in [1.165, 1.54) is 0 Å². The van der Waals surface area contributed by atoms with Crippen LogP contribution in [0.4, 0.5) is 0 Å². The Hall–Kier alpha value is -1.82. The lowest BCUT2D eigenvalue weighted by atomic mass is 9.94. The Balaban J connectivity index is 1.79. The van der Waals surface area contributed by atoms with Gasteiger partial charge < -0.3 is 19.7 Å². The van der Waals surface area contributed by atoms with Crippen molar-refractivity contribution in [3.8, 4) is 11.5 Å². The maximum absolute atomic E-state index is 12.5. The van der Waals surface area contributed by atoms with Crippen LogP contribution in [-0.2, 0) is 11.3 Å². The Bertz CT molecular complexity index is 535. The van der Waals surface area contributed by atoms with E-state index in [1.807, 2.05) is 4.90 Å². The highest BCUT2D eigenvalue weighted by atomic mass is 16.5. The number of amides is 1. The molecular weight excluding hydrogens is 270 g/mol. The molecule has 1 amide bonds. The molecule has 2 aliphatic heterocycles. The number of rotatable bonds is 4. The molecule has 0 bridgehead atoms. The van der Waals surface area contributed by atoms with Crippen molar-refractivity contribution in [1.82, 2.24) is 15.2 Å². The van der Waals surface area contributed by atoms with Gasteiger partial charge in [0, 0.05) is 24.8 Å². The van der Waals surface area contributed by atoms with Gasteiger partial charge in [0.25, 0.3) is 0 Å². The van der Waals surface area contributed by atoms with Crippen molar-refractivity contribution < 1.29 is 14.3 Å². The number of ether oxygens (including phenoxy) is 2. The summed E-state index contributed by atoms with van der Waals surface area (Å²) >= 11 is 0. The number of carbonyl (C=O) groups is 1. The van der Waals surface area contributed by atoms with E-state index in [1.54, 1.807) is 26.5 Å². The monoisotopic (exact) mass is 291 g/mol. The van der Waals surface area contributed by atoms with Gasteiger partial charge in [-0.2, -0.15) is 0 Å². The highest BCUT2D eigenvalue weighted by Gasteiger charge is 2.41. The normalized spacial score (nSPS) is 24.9. The van der Waals surface area contributed by atoms with Crippen LogP contribution in [0, 0.1) is 5.92 Å². The Morgan fingerprint density at radius 1 is 1.43 bits per heavy atom. The van der Waals surface area contributed by atoms with Crippen LogP contribution >= 0.6 is 0 Å². The maximum Gasteiger partial charge on any atom is 0.227 e. The smallest absolute Gasteiger partial charge is 0.227 e. The number of methoxy groups -OCH3 is 2. The van der Waals surface area contributed by atoms with E-state index in [4.69, 9.17) is 9.47 Å². The summed E-state index contributed by atoms with van der Waals surface area (Å²) in [5, 5.41) is 3.44. The molecule has 3 heterocycles. The molecule has 2 unspecified atom stereocenters. The predicted molar refractivity (Wildman–Crippen MR) is 77.3 cm³/mol. The van der Waals surface area contributed by atoms with Gasteiger partial charge >= 0.3 is 0 Å². The molecule has 1 aromatic heterocycles. The fraction of sp³-hybridized carbons (Fsp3) is 0.600. The lowest BCUT2D eigenvalue weighted by molar-refractivity contribution is -0.132. The van der Waals surface area contributed by atoms with Crippen LogP contribution in [0.3, 0.4) is 0 Å². The zero-order chi connectivity index (χ0) is 14.8. The largest absolute Gasteiger partial charge is 0.493 e. The number of carbonyl (C=O) groups excluding carboxylic acids is 1. The van der Waals surface area contributed by atoms with Crippen molar-refractivity contribution in [3.05, 3.63) is 18.0 Å². The number of hydrogen-bond acceptors (Lipinski definition) is 5. The van der Waals surface area contributed by atoms with Crippen LogP contribution in [0.25, 0.3) is 0 Å². The molecule has 6 heteroatoms. The third kappa shape index (κ3) is 2.55. The van der Waals surface area contributed by atoms with Gasteiger partial charge in [-0.15, -0.1) is 0 Å².